The van der Waals surface area contributed by atoms with Gasteiger partial charge in [-0.1, -0.05) is 12.1 Å². The van der Waals surface area contributed by atoms with Crippen LogP contribution in [0.25, 0.3) is 6.08 Å². The molecule has 24 heavy (non-hydrogen) atoms. The van der Waals surface area contributed by atoms with Crippen molar-refractivity contribution in [2.75, 3.05) is 14.2 Å². The number of ether oxygens (including phenoxy) is 3. The number of nitriles is 1. The molecule has 0 amide bonds. The SMILES string of the molecule is COc1ccc(OC)c(/C=C/C(=O)Oc2ccc(CC#N)cc2)c1. The molecule has 0 aromatic heterocycles. The highest BCUT2D eigenvalue weighted by atomic mass is 16.5. The number of hydrogen-bond donors (Lipinski definition) is 0. The minimum absolute atomic E-state index is 0.323. The first kappa shape index (κ1) is 17.1. The van der Waals surface area contributed by atoms with Crippen LogP contribution in [-0.2, 0) is 11.2 Å². The van der Waals surface area contributed by atoms with Crippen molar-refractivity contribution < 1.29 is 19.0 Å². The van der Waals surface area contributed by atoms with Crippen LogP contribution in [0, 0.1) is 11.3 Å². The predicted octanol–water partition coefficient (Wildman–Crippen LogP) is 3.39. The van der Waals surface area contributed by atoms with E-state index in [9.17, 15) is 4.79 Å². The summed E-state index contributed by atoms with van der Waals surface area (Å²) >= 11 is 0. The molecule has 0 saturated heterocycles. The van der Waals surface area contributed by atoms with Gasteiger partial charge in [0.15, 0.2) is 0 Å². The van der Waals surface area contributed by atoms with Crippen molar-refractivity contribution in [3.63, 3.8) is 0 Å². The second kappa shape index (κ2) is 8.39. The number of nitrogens with zero attached hydrogens (tertiary/aromatic N) is 1. The van der Waals surface area contributed by atoms with E-state index in [1.807, 2.05) is 0 Å². The molecule has 0 aliphatic carbocycles. The molecule has 2 rings (SSSR count). The molecule has 0 bridgehead atoms. The van der Waals surface area contributed by atoms with Crippen LogP contribution in [0.5, 0.6) is 17.2 Å². The van der Waals surface area contributed by atoms with E-state index in [2.05, 4.69) is 6.07 Å². The molecule has 2 aromatic rings. The number of carbonyl (C=O) groups excluding carboxylic acids is 1. The summed E-state index contributed by atoms with van der Waals surface area (Å²) in [6, 6.07) is 14.2. The maximum absolute atomic E-state index is 11.9. The zero-order valence-electron chi connectivity index (χ0n) is 13.5. The average Bonchev–Trinajstić information content (AvgIpc) is 2.61. The summed E-state index contributed by atoms with van der Waals surface area (Å²) < 4.78 is 15.6. The first-order chi connectivity index (χ1) is 11.7. The maximum atomic E-state index is 11.9. The standard InChI is InChI=1S/C19H17NO4/c1-22-17-8-9-18(23-2)15(13-17)5-10-19(21)24-16-6-3-14(4-7-16)11-12-20/h3-10,13H,11H2,1-2H3/b10-5+. The van der Waals surface area contributed by atoms with Crippen molar-refractivity contribution in [1.82, 2.24) is 0 Å². The van der Waals surface area contributed by atoms with Crippen LogP contribution in [0.15, 0.2) is 48.5 Å². The number of methoxy groups -OCH3 is 2. The molecule has 5 heteroatoms. The van der Waals surface area contributed by atoms with Gasteiger partial charge in [0, 0.05) is 11.6 Å². The first-order valence-electron chi connectivity index (χ1n) is 7.24. The summed E-state index contributed by atoms with van der Waals surface area (Å²) in [5, 5.41) is 8.63. The molecule has 0 spiro atoms. The summed E-state index contributed by atoms with van der Waals surface area (Å²) in [6.45, 7) is 0. The lowest BCUT2D eigenvalue weighted by molar-refractivity contribution is -0.128. The van der Waals surface area contributed by atoms with Gasteiger partial charge in [-0.15, -0.1) is 0 Å². The Kier molecular flexibility index (Phi) is 5.98. The number of rotatable bonds is 6. The lowest BCUT2D eigenvalue weighted by atomic mass is 10.1. The average molecular weight is 323 g/mol. The fourth-order valence-electron chi connectivity index (χ4n) is 2.04. The second-order valence-electron chi connectivity index (χ2n) is 4.84. The van der Waals surface area contributed by atoms with Gasteiger partial charge in [0.05, 0.1) is 26.7 Å². The number of hydrogen-bond acceptors (Lipinski definition) is 5. The number of carbonyl (C=O) groups is 1. The quantitative estimate of drug-likeness (QED) is 0.463. The normalized spacial score (nSPS) is 10.2. The number of esters is 1. The third-order valence-corrected chi connectivity index (χ3v) is 3.26. The molecule has 0 heterocycles. The van der Waals surface area contributed by atoms with Crippen molar-refractivity contribution in [2.45, 2.75) is 6.42 Å². The Bertz CT molecular complexity index is 773. The lowest BCUT2D eigenvalue weighted by Gasteiger charge is -2.07. The molecule has 5 nitrogen and oxygen atoms in total. The third kappa shape index (κ3) is 4.62. The van der Waals surface area contributed by atoms with Gasteiger partial charge in [-0.2, -0.15) is 5.26 Å². The molecule has 0 atom stereocenters. The van der Waals surface area contributed by atoms with Crippen LogP contribution in [0.3, 0.4) is 0 Å². The molecule has 0 aliphatic rings. The number of benzene rings is 2. The zero-order valence-corrected chi connectivity index (χ0v) is 13.5. The summed E-state index contributed by atoms with van der Waals surface area (Å²) in [4.78, 5) is 11.9. The van der Waals surface area contributed by atoms with Crippen LogP contribution >= 0.6 is 0 Å². The van der Waals surface area contributed by atoms with E-state index in [0.29, 0.717) is 29.2 Å². The molecule has 0 aliphatic heterocycles. The Morgan fingerprint density at radius 2 is 1.79 bits per heavy atom. The van der Waals surface area contributed by atoms with Crippen LogP contribution in [0.2, 0.25) is 0 Å². The van der Waals surface area contributed by atoms with E-state index in [-0.39, 0.29) is 0 Å². The van der Waals surface area contributed by atoms with Gasteiger partial charge in [0.1, 0.15) is 17.2 Å². The molecular weight excluding hydrogens is 306 g/mol. The third-order valence-electron chi connectivity index (χ3n) is 3.26. The minimum Gasteiger partial charge on any atom is -0.497 e. The van der Waals surface area contributed by atoms with E-state index in [4.69, 9.17) is 19.5 Å². The van der Waals surface area contributed by atoms with Gasteiger partial charge in [-0.25, -0.2) is 4.79 Å². The Balaban J connectivity index is 2.06. The summed E-state index contributed by atoms with van der Waals surface area (Å²) in [5.41, 5.74) is 1.58. The van der Waals surface area contributed by atoms with Crippen LogP contribution in [0.1, 0.15) is 11.1 Å². The monoisotopic (exact) mass is 323 g/mol. The van der Waals surface area contributed by atoms with Crippen molar-refractivity contribution in [1.29, 1.82) is 5.26 Å². The minimum atomic E-state index is -0.507. The van der Waals surface area contributed by atoms with Crippen LogP contribution in [0.4, 0.5) is 0 Å². The zero-order chi connectivity index (χ0) is 17.4. The Morgan fingerprint density at radius 1 is 1.08 bits per heavy atom. The molecule has 0 N–H and O–H groups in total. The Morgan fingerprint density at radius 3 is 2.42 bits per heavy atom. The molecular formula is C19H17NO4. The molecule has 0 radical (unpaired) electrons. The molecule has 0 fully saturated rings. The van der Waals surface area contributed by atoms with E-state index < -0.39 is 5.97 Å². The van der Waals surface area contributed by atoms with Gasteiger partial charge in [0.25, 0.3) is 0 Å². The Labute approximate surface area is 140 Å². The van der Waals surface area contributed by atoms with E-state index in [1.165, 1.54) is 6.08 Å². The van der Waals surface area contributed by atoms with Crippen molar-refractivity contribution in [3.05, 3.63) is 59.7 Å². The topological polar surface area (TPSA) is 68.6 Å². The van der Waals surface area contributed by atoms with Crippen LogP contribution < -0.4 is 14.2 Å². The fourth-order valence-corrected chi connectivity index (χ4v) is 2.04. The summed E-state index contributed by atoms with van der Waals surface area (Å²) in [5.74, 6) is 1.20. The highest BCUT2D eigenvalue weighted by Gasteiger charge is 2.05. The highest BCUT2D eigenvalue weighted by molar-refractivity contribution is 5.89. The van der Waals surface area contributed by atoms with Crippen LogP contribution in [-0.4, -0.2) is 20.2 Å². The Hall–Kier alpha value is -3.26. The lowest BCUT2D eigenvalue weighted by Crippen LogP contribution is -2.03. The maximum Gasteiger partial charge on any atom is 0.336 e. The molecule has 2 aromatic carbocycles. The summed E-state index contributed by atoms with van der Waals surface area (Å²) in [6.07, 6.45) is 3.25. The smallest absolute Gasteiger partial charge is 0.336 e. The van der Waals surface area contributed by atoms with Gasteiger partial charge in [-0.05, 0) is 42.0 Å². The molecule has 0 unspecified atom stereocenters. The largest absolute Gasteiger partial charge is 0.497 e. The predicted molar refractivity (Wildman–Crippen MR) is 90.0 cm³/mol. The van der Waals surface area contributed by atoms with E-state index >= 15 is 0 Å². The first-order valence-corrected chi connectivity index (χ1v) is 7.24. The van der Waals surface area contributed by atoms with Gasteiger partial charge in [-0.3, -0.25) is 0 Å². The van der Waals surface area contributed by atoms with Gasteiger partial charge in [0.2, 0.25) is 0 Å². The molecule has 0 saturated carbocycles. The van der Waals surface area contributed by atoms with Crippen molar-refractivity contribution >= 4 is 12.0 Å². The fraction of sp³-hybridized carbons (Fsp3) is 0.158. The van der Waals surface area contributed by atoms with Gasteiger partial charge < -0.3 is 14.2 Å². The van der Waals surface area contributed by atoms with E-state index in [1.54, 1.807) is 62.8 Å². The van der Waals surface area contributed by atoms with Crippen molar-refractivity contribution in [2.24, 2.45) is 0 Å². The van der Waals surface area contributed by atoms with Gasteiger partial charge >= 0.3 is 5.97 Å². The van der Waals surface area contributed by atoms with Crippen molar-refractivity contribution in [3.8, 4) is 23.3 Å². The molecule has 122 valence electrons. The van der Waals surface area contributed by atoms with E-state index in [0.717, 1.165) is 5.56 Å². The highest BCUT2D eigenvalue weighted by Crippen LogP contribution is 2.25. The summed E-state index contributed by atoms with van der Waals surface area (Å²) in [7, 11) is 3.12. The second-order valence-corrected chi connectivity index (χ2v) is 4.84.